The van der Waals surface area contributed by atoms with Gasteiger partial charge in [-0.1, -0.05) is 13.0 Å². The fourth-order valence-electron chi connectivity index (χ4n) is 3.76. The number of amides is 1. The molecule has 1 amide bonds. The molecule has 0 aliphatic heterocycles. The van der Waals surface area contributed by atoms with Crippen LogP contribution in [0, 0.1) is 11.7 Å². The third-order valence-corrected chi connectivity index (χ3v) is 7.12. The van der Waals surface area contributed by atoms with Crippen LogP contribution in [-0.4, -0.2) is 43.0 Å². The number of ether oxygens (including phenoxy) is 1. The summed E-state index contributed by atoms with van der Waals surface area (Å²) in [5, 5.41) is 2.89. The van der Waals surface area contributed by atoms with E-state index in [1.165, 1.54) is 37.3 Å². The summed E-state index contributed by atoms with van der Waals surface area (Å²) in [7, 11) is -1.18. The number of benzene rings is 2. The van der Waals surface area contributed by atoms with Crippen LogP contribution < -0.4 is 20.3 Å². The lowest BCUT2D eigenvalue weighted by atomic mass is 10.0. The predicted molar refractivity (Wildman–Crippen MR) is 136 cm³/mol. The molecule has 37 heavy (non-hydrogen) atoms. The largest absolute Gasteiger partial charge is 0.480 e. The van der Waals surface area contributed by atoms with Gasteiger partial charge in [-0.15, -0.1) is 0 Å². The Morgan fingerprint density at radius 1 is 1.11 bits per heavy atom. The number of methoxy groups -OCH3 is 1. The Bertz CT molecular complexity index is 1640. The zero-order chi connectivity index (χ0) is 26.7. The summed E-state index contributed by atoms with van der Waals surface area (Å²) in [4.78, 5) is 33.4. The molecule has 0 aliphatic rings. The summed E-state index contributed by atoms with van der Waals surface area (Å²) in [6, 6.07) is 10.9. The first-order chi connectivity index (χ1) is 17.6. The Morgan fingerprint density at radius 3 is 2.51 bits per heavy atom. The van der Waals surface area contributed by atoms with Crippen LogP contribution in [0.5, 0.6) is 5.88 Å². The number of rotatable bonds is 8. The van der Waals surface area contributed by atoms with Gasteiger partial charge in [0.25, 0.3) is 15.6 Å². The number of hydrogen-bond acceptors (Lipinski definition) is 7. The molecular weight excluding hydrogens is 501 g/mol. The van der Waals surface area contributed by atoms with Crippen molar-refractivity contribution in [2.24, 2.45) is 5.92 Å². The van der Waals surface area contributed by atoms with Gasteiger partial charge >= 0.3 is 0 Å². The highest BCUT2D eigenvalue weighted by Gasteiger charge is 2.19. The molecule has 0 spiro atoms. The molecule has 2 N–H and O–H groups in total. The molecule has 0 bridgehead atoms. The minimum absolute atomic E-state index is 0.0300. The quantitative estimate of drug-likeness (QED) is 0.362. The highest BCUT2D eigenvalue weighted by Crippen LogP contribution is 2.31. The van der Waals surface area contributed by atoms with Crippen molar-refractivity contribution in [1.29, 1.82) is 0 Å². The van der Waals surface area contributed by atoms with Gasteiger partial charge in [-0.25, -0.2) is 22.8 Å². The molecule has 0 aliphatic carbocycles. The van der Waals surface area contributed by atoms with Gasteiger partial charge in [0.05, 0.1) is 35.2 Å². The van der Waals surface area contributed by atoms with Crippen LogP contribution in [0.25, 0.3) is 22.0 Å². The second kappa shape index (κ2) is 10.3. The molecule has 2 aromatic carbocycles. The van der Waals surface area contributed by atoms with Crippen LogP contribution in [0.15, 0.2) is 70.7 Å². The number of nitrogens with one attached hydrogen (secondary N) is 2. The second-order valence-corrected chi connectivity index (χ2v) is 9.97. The van der Waals surface area contributed by atoms with E-state index in [9.17, 15) is 22.4 Å². The average Bonchev–Trinajstić information content (AvgIpc) is 2.89. The lowest BCUT2D eigenvalue weighted by Gasteiger charge is -2.14. The van der Waals surface area contributed by atoms with E-state index in [0.29, 0.717) is 22.0 Å². The molecule has 4 aromatic rings. The first-order valence-electron chi connectivity index (χ1n) is 11.2. The maximum atomic E-state index is 13.2. The van der Waals surface area contributed by atoms with Crippen molar-refractivity contribution in [3.8, 4) is 17.0 Å². The van der Waals surface area contributed by atoms with Crippen LogP contribution in [0.1, 0.15) is 6.92 Å². The van der Waals surface area contributed by atoms with E-state index in [1.54, 1.807) is 25.1 Å². The van der Waals surface area contributed by atoms with Crippen LogP contribution >= 0.6 is 0 Å². The number of carbonyl (C=O) groups is 1. The van der Waals surface area contributed by atoms with Gasteiger partial charge < -0.3 is 10.1 Å². The summed E-state index contributed by atoms with van der Waals surface area (Å²) in [5.41, 5.74) is 1.30. The number of sulfonamides is 1. The molecule has 1 unspecified atom stereocenters. The molecular formula is C25H24FN5O5S. The number of hydrogen-bond donors (Lipinski definition) is 2. The van der Waals surface area contributed by atoms with E-state index >= 15 is 0 Å². The molecule has 0 radical (unpaired) electrons. The molecule has 12 heteroatoms. The standard InChI is InChI=1S/C25H24FN5O5S/c1-15(23(32)27-2)13-31-14-29-21-9-4-16(10-20(21)25(31)33)17-11-22(24(36-3)28-12-17)30-37(34,35)19-7-5-18(26)6-8-19/h4-12,14-15,30H,13H2,1-3H3,(H,27,32). The van der Waals surface area contributed by atoms with Crippen LogP contribution in [-0.2, 0) is 21.4 Å². The zero-order valence-corrected chi connectivity index (χ0v) is 21.0. The molecule has 4 rings (SSSR count). The number of aromatic nitrogens is 3. The Hall–Kier alpha value is -4.32. The molecule has 0 saturated carbocycles. The minimum Gasteiger partial charge on any atom is -0.480 e. The van der Waals surface area contributed by atoms with Gasteiger partial charge in [0.2, 0.25) is 11.8 Å². The SMILES string of the molecule is CNC(=O)C(C)Cn1cnc2ccc(-c3cnc(OC)c(NS(=O)(=O)c4ccc(F)cc4)c3)cc2c1=O. The van der Waals surface area contributed by atoms with Gasteiger partial charge in [-0.3, -0.25) is 18.9 Å². The van der Waals surface area contributed by atoms with Crippen molar-refractivity contribution < 1.29 is 22.3 Å². The third-order valence-electron chi connectivity index (χ3n) is 5.73. The van der Waals surface area contributed by atoms with Crippen LogP contribution in [0.4, 0.5) is 10.1 Å². The molecule has 10 nitrogen and oxygen atoms in total. The van der Waals surface area contributed by atoms with Crippen LogP contribution in [0.2, 0.25) is 0 Å². The molecule has 1 atom stereocenters. The average molecular weight is 526 g/mol. The van der Waals surface area contributed by atoms with Crippen molar-refractivity contribution in [2.75, 3.05) is 18.9 Å². The van der Waals surface area contributed by atoms with Crippen molar-refractivity contribution >= 4 is 32.5 Å². The normalized spacial score (nSPS) is 12.2. The number of fused-ring (bicyclic) bond motifs is 1. The fraction of sp³-hybridized carbons (Fsp3) is 0.200. The summed E-state index contributed by atoms with van der Waals surface area (Å²) in [6.45, 7) is 1.87. The number of nitrogens with zero attached hydrogens (tertiary/aromatic N) is 3. The molecule has 2 heterocycles. The number of pyridine rings is 1. The second-order valence-electron chi connectivity index (χ2n) is 8.29. The molecule has 0 saturated heterocycles. The van der Waals surface area contributed by atoms with Crippen molar-refractivity contribution in [3.05, 3.63) is 77.2 Å². The van der Waals surface area contributed by atoms with Crippen LogP contribution in [0.3, 0.4) is 0 Å². The third kappa shape index (κ3) is 5.43. The number of anilines is 1. The first kappa shape index (κ1) is 25.8. The minimum atomic E-state index is -4.06. The highest BCUT2D eigenvalue weighted by molar-refractivity contribution is 7.92. The van der Waals surface area contributed by atoms with Gasteiger partial charge in [0.1, 0.15) is 11.5 Å². The summed E-state index contributed by atoms with van der Waals surface area (Å²) in [6.07, 6.45) is 2.89. The maximum absolute atomic E-state index is 13.2. The maximum Gasteiger partial charge on any atom is 0.262 e. The number of halogens is 1. The van der Waals surface area contributed by atoms with E-state index in [-0.39, 0.29) is 34.5 Å². The van der Waals surface area contributed by atoms with Gasteiger partial charge in [-0.05, 0) is 48.0 Å². The topological polar surface area (TPSA) is 132 Å². The Kier molecular flexibility index (Phi) is 7.21. The Morgan fingerprint density at radius 2 is 1.84 bits per heavy atom. The molecule has 0 fully saturated rings. The van der Waals surface area contributed by atoms with Gasteiger partial charge in [0, 0.05) is 25.4 Å². The van der Waals surface area contributed by atoms with E-state index < -0.39 is 21.8 Å². The van der Waals surface area contributed by atoms with Crippen molar-refractivity contribution in [3.63, 3.8) is 0 Å². The van der Waals surface area contributed by atoms with E-state index in [2.05, 4.69) is 20.0 Å². The Labute approximate surface area is 212 Å². The zero-order valence-electron chi connectivity index (χ0n) is 20.2. The fourth-order valence-corrected chi connectivity index (χ4v) is 4.80. The molecule has 192 valence electrons. The smallest absolute Gasteiger partial charge is 0.262 e. The lowest BCUT2D eigenvalue weighted by Crippen LogP contribution is -2.32. The number of carbonyl (C=O) groups excluding carboxylic acids is 1. The summed E-state index contributed by atoms with van der Waals surface area (Å²) >= 11 is 0. The summed E-state index contributed by atoms with van der Waals surface area (Å²) < 4.78 is 48.0. The van der Waals surface area contributed by atoms with E-state index in [4.69, 9.17) is 4.74 Å². The van der Waals surface area contributed by atoms with Crippen molar-refractivity contribution in [2.45, 2.75) is 18.4 Å². The molecule has 2 aromatic heterocycles. The first-order valence-corrected chi connectivity index (χ1v) is 12.6. The highest BCUT2D eigenvalue weighted by atomic mass is 32.2. The predicted octanol–water partition coefficient (Wildman–Crippen LogP) is 2.79. The van der Waals surface area contributed by atoms with Gasteiger partial charge in [-0.2, -0.15) is 0 Å². The van der Waals surface area contributed by atoms with Crippen molar-refractivity contribution in [1.82, 2.24) is 19.9 Å². The lowest BCUT2D eigenvalue weighted by molar-refractivity contribution is -0.124. The van der Waals surface area contributed by atoms with E-state index in [1.807, 2.05) is 0 Å². The monoisotopic (exact) mass is 525 g/mol. The summed E-state index contributed by atoms with van der Waals surface area (Å²) in [5.74, 6) is -1.16. The Balaban J connectivity index is 1.72. The van der Waals surface area contributed by atoms with Gasteiger partial charge in [0.15, 0.2) is 0 Å². The van der Waals surface area contributed by atoms with E-state index in [0.717, 1.165) is 24.3 Å².